The molecule has 1 saturated heterocycles. The molecular formula is C11H16N4O3S. The molecule has 104 valence electrons. The van der Waals surface area contributed by atoms with Crippen LogP contribution in [0.3, 0.4) is 0 Å². The van der Waals surface area contributed by atoms with Gasteiger partial charge in [-0.3, -0.25) is 9.59 Å². The van der Waals surface area contributed by atoms with Gasteiger partial charge in [-0.2, -0.15) is 0 Å². The second-order valence-electron chi connectivity index (χ2n) is 4.67. The molecule has 1 aliphatic rings. The van der Waals surface area contributed by atoms with Gasteiger partial charge in [-0.1, -0.05) is 5.21 Å². The van der Waals surface area contributed by atoms with Crippen LogP contribution < -0.4 is 5.32 Å². The average molecular weight is 284 g/mol. The minimum absolute atomic E-state index is 0.00258. The molecule has 0 spiro atoms. The Labute approximate surface area is 114 Å². The Balaban J connectivity index is 1.86. The standard InChI is InChI=1S/C11H16N4O3S/c1-11(3-2-4-19-11)10(18)12-5-8-6-15(14-13-8)7-9(16)17/h6H,2-5,7H2,1H3,(H,12,18)(H,16,17). The molecule has 2 N–H and O–H groups in total. The van der Waals surface area contributed by atoms with Gasteiger partial charge >= 0.3 is 5.97 Å². The number of carbonyl (C=O) groups is 2. The number of thioether (sulfide) groups is 1. The van der Waals surface area contributed by atoms with E-state index >= 15 is 0 Å². The van der Waals surface area contributed by atoms with Crippen LogP contribution in [0.1, 0.15) is 25.5 Å². The minimum atomic E-state index is -0.977. The van der Waals surface area contributed by atoms with Crippen molar-refractivity contribution in [1.82, 2.24) is 20.3 Å². The van der Waals surface area contributed by atoms with Crippen LogP contribution in [0.25, 0.3) is 0 Å². The summed E-state index contributed by atoms with van der Waals surface area (Å²) in [5.74, 6) is 0.0387. The van der Waals surface area contributed by atoms with Crippen LogP contribution >= 0.6 is 11.8 Å². The van der Waals surface area contributed by atoms with E-state index in [-0.39, 0.29) is 23.7 Å². The molecule has 0 aliphatic carbocycles. The van der Waals surface area contributed by atoms with E-state index < -0.39 is 5.97 Å². The first-order valence-electron chi connectivity index (χ1n) is 6.03. The highest BCUT2D eigenvalue weighted by Gasteiger charge is 2.36. The Bertz CT molecular complexity index is 482. The van der Waals surface area contributed by atoms with Crippen molar-refractivity contribution >= 4 is 23.6 Å². The summed E-state index contributed by atoms with van der Waals surface area (Å²) in [6.07, 6.45) is 3.47. The smallest absolute Gasteiger partial charge is 0.325 e. The Hall–Kier alpha value is -1.57. The second kappa shape index (κ2) is 5.60. The molecule has 1 unspecified atom stereocenters. The van der Waals surface area contributed by atoms with Gasteiger partial charge in [0.2, 0.25) is 5.91 Å². The maximum atomic E-state index is 12.0. The lowest BCUT2D eigenvalue weighted by atomic mass is 10.1. The van der Waals surface area contributed by atoms with Gasteiger partial charge in [0.1, 0.15) is 12.2 Å². The van der Waals surface area contributed by atoms with Crippen molar-refractivity contribution < 1.29 is 14.7 Å². The number of carboxylic acid groups (broad SMARTS) is 1. The van der Waals surface area contributed by atoms with E-state index in [0.717, 1.165) is 18.6 Å². The number of aromatic nitrogens is 3. The number of hydrogen-bond donors (Lipinski definition) is 2. The Morgan fingerprint density at radius 2 is 2.42 bits per heavy atom. The molecule has 1 aliphatic heterocycles. The van der Waals surface area contributed by atoms with E-state index in [2.05, 4.69) is 15.6 Å². The van der Waals surface area contributed by atoms with Gasteiger partial charge in [0.15, 0.2) is 0 Å². The summed E-state index contributed by atoms with van der Waals surface area (Å²) in [6.45, 7) is 1.99. The third-order valence-corrected chi connectivity index (χ3v) is 4.53. The predicted octanol–water partition coefficient (Wildman–Crippen LogP) is 0.265. The van der Waals surface area contributed by atoms with Crippen molar-refractivity contribution in [2.24, 2.45) is 0 Å². The van der Waals surface area contributed by atoms with Crippen molar-refractivity contribution in [3.05, 3.63) is 11.9 Å². The lowest BCUT2D eigenvalue weighted by Gasteiger charge is -2.20. The van der Waals surface area contributed by atoms with Crippen molar-refractivity contribution in [2.75, 3.05) is 5.75 Å². The molecule has 1 fully saturated rings. The Morgan fingerprint density at radius 3 is 3.05 bits per heavy atom. The van der Waals surface area contributed by atoms with E-state index in [1.807, 2.05) is 6.92 Å². The van der Waals surface area contributed by atoms with Crippen LogP contribution in [-0.4, -0.2) is 42.5 Å². The SMILES string of the molecule is CC1(C(=O)NCc2cn(CC(=O)O)nn2)CCCS1. The first-order valence-corrected chi connectivity index (χ1v) is 7.01. The van der Waals surface area contributed by atoms with Gasteiger partial charge in [-0.25, -0.2) is 4.68 Å². The summed E-state index contributed by atoms with van der Waals surface area (Å²) in [5, 5.41) is 18.9. The van der Waals surface area contributed by atoms with Crippen LogP contribution in [0.4, 0.5) is 0 Å². The number of carboxylic acids is 1. The van der Waals surface area contributed by atoms with Crippen LogP contribution in [0.2, 0.25) is 0 Å². The van der Waals surface area contributed by atoms with Gasteiger partial charge in [0.25, 0.3) is 0 Å². The summed E-state index contributed by atoms with van der Waals surface area (Å²) in [6, 6.07) is 0. The van der Waals surface area contributed by atoms with Crippen molar-refractivity contribution in [2.45, 2.75) is 37.6 Å². The van der Waals surface area contributed by atoms with Crippen molar-refractivity contribution in [3.8, 4) is 0 Å². The molecule has 1 amide bonds. The number of amides is 1. The zero-order valence-electron chi connectivity index (χ0n) is 10.6. The fraction of sp³-hybridized carbons (Fsp3) is 0.636. The van der Waals surface area contributed by atoms with E-state index in [0.29, 0.717) is 5.69 Å². The van der Waals surface area contributed by atoms with Crippen LogP contribution in [0.15, 0.2) is 6.20 Å². The van der Waals surface area contributed by atoms with E-state index in [9.17, 15) is 9.59 Å². The molecule has 2 rings (SSSR count). The third-order valence-electron chi connectivity index (χ3n) is 3.01. The first-order chi connectivity index (χ1) is 8.99. The van der Waals surface area contributed by atoms with Gasteiger partial charge in [-0.15, -0.1) is 16.9 Å². The molecule has 0 bridgehead atoms. The monoisotopic (exact) mass is 284 g/mol. The highest BCUT2D eigenvalue weighted by molar-refractivity contribution is 8.01. The maximum Gasteiger partial charge on any atom is 0.325 e. The van der Waals surface area contributed by atoms with Crippen LogP contribution in [-0.2, 0) is 22.7 Å². The minimum Gasteiger partial charge on any atom is -0.480 e. The normalized spacial score (nSPS) is 22.4. The maximum absolute atomic E-state index is 12.0. The lowest BCUT2D eigenvalue weighted by molar-refractivity contribution is -0.138. The van der Waals surface area contributed by atoms with Crippen LogP contribution in [0.5, 0.6) is 0 Å². The van der Waals surface area contributed by atoms with Gasteiger partial charge in [0, 0.05) is 0 Å². The molecular weight excluding hydrogens is 268 g/mol. The molecule has 19 heavy (non-hydrogen) atoms. The topological polar surface area (TPSA) is 97.1 Å². The molecule has 1 aromatic heterocycles. The molecule has 0 saturated carbocycles. The second-order valence-corrected chi connectivity index (χ2v) is 6.26. The quantitative estimate of drug-likeness (QED) is 0.805. The summed E-state index contributed by atoms with van der Waals surface area (Å²) in [4.78, 5) is 22.5. The van der Waals surface area contributed by atoms with E-state index in [1.54, 1.807) is 11.8 Å². The van der Waals surface area contributed by atoms with Crippen LogP contribution in [0, 0.1) is 0 Å². The lowest BCUT2D eigenvalue weighted by Crippen LogP contribution is -2.39. The first kappa shape index (κ1) is 13.9. The van der Waals surface area contributed by atoms with E-state index in [4.69, 9.17) is 5.11 Å². The van der Waals surface area contributed by atoms with Gasteiger partial charge < -0.3 is 10.4 Å². The molecule has 0 aromatic carbocycles. The molecule has 1 atom stereocenters. The van der Waals surface area contributed by atoms with Gasteiger partial charge in [0.05, 0.1) is 17.5 Å². The summed E-state index contributed by atoms with van der Waals surface area (Å²) in [5.41, 5.74) is 0.557. The largest absolute Gasteiger partial charge is 0.480 e. The Kier molecular flexibility index (Phi) is 4.08. The number of aliphatic carboxylic acids is 1. The number of nitrogens with zero attached hydrogens (tertiary/aromatic N) is 3. The molecule has 8 heteroatoms. The molecule has 2 heterocycles. The molecule has 0 radical (unpaired) electrons. The number of rotatable bonds is 5. The number of nitrogens with one attached hydrogen (secondary N) is 1. The highest BCUT2D eigenvalue weighted by Crippen LogP contribution is 2.37. The fourth-order valence-electron chi connectivity index (χ4n) is 1.95. The summed E-state index contributed by atoms with van der Waals surface area (Å²) >= 11 is 1.67. The summed E-state index contributed by atoms with van der Waals surface area (Å²) < 4.78 is 0.882. The average Bonchev–Trinajstić information content (AvgIpc) is 2.95. The summed E-state index contributed by atoms with van der Waals surface area (Å²) in [7, 11) is 0. The third kappa shape index (κ3) is 3.46. The number of hydrogen-bond acceptors (Lipinski definition) is 5. The molecule has 7 nitrogen and oxygen atoms in total. The van der Waals surface area contributed by atoms with Gasteiger partial charge in [-0.05, 0) is 25.5 Å². The van der Waals surface area contributed by atoms with Crippen molar-refractivity contribution in [3.63, 3.8) is 0 Å². The highest BCUT2D eigenvalue weighted by atomic mass is 32.2. The van der Waals surface area contributed by atoms with Crippen molar-refractivity contribution in [1.29, 1.82) is 0 Å². The zero-order chi connectivity index (χ0) is 13.9. The predicted molar refractivity (Wildman–Crippen MR) is 69.6 cm³/mol. The fourth-order valence-corrected chi connectivity index (χ4v) is 3.18. The Morgan fingerprint density at radius 1 is 1.63 bits per heavy atom. The zero-order valence-corrected chi connectivity index (χ0v) is 11.4. The van der Waals surface area contributed by atoms with E-state index in [1.165, 1.54) is 10.9 Å². The molecule has 1 aromatic rings. The number of carbonyl (C=O) groups excluding carboxylic acids is 1.